The summed E-state index contributed by atoms with van der Waals surface area (Å²) in [5.41, 5.74) is 2.87. The van der Waals surface area contributed by atoms with Crippen LogP contribution in [0.15, 0.2) is 48.5 Å². The predicted molar refractivity (Wildman–Crippen MR) is 131 cm³/mol. The van der Waals surface area contributed by atoms with E-state index in [2.05, 4.69) is 42.7 Å². The molecule has 5 nitrogen and oxygen atoms in total. The molecule has 3 rings (SSSR count). The second-order valence-electron chi connectivity index (χ2n) is 8.99. The van der Waals surface area contributed by atoms with Crippen molar-refractivity contribution in [2.45, 2.75) is 59.2 Å². The number of hydrogen-bond acceptors (Lipinski definition) is 4. The van der Waals surface area contributed by atoms with E-state index in [1.165, 1.54) is 0 Å². The lowest BCUT2D eigenvalue weighted by atomic mass is 9.92. The molecule has 1 amide bonds. The highest BCUT2D eigenvalue weighted by atomic mass is 16.3. The van der Waals surface area contributed by atoms with Crippen LogP contribution in [0.2, 0.25) is 0 Å². The van der Waals surface area contributed by atoms with E-state index in [-0.39, 0.29) is 17.7 Å². The molecule has 5 heteroatoms. The number of amides is 1. The number of carbonyl (C=O) groups is 1. The number of aromatic hydroxyl groups is 1. The molecular formula is C27H39N3O2. The Morgan fingerprint density at radius 1 is 1.00 bits per heavy atom. The number of phenolic OH excluding ortho intramolecular Hbond substituents is 1. The largest absolute Gasteiger partial charge is 0.508 e. The van der Waals surface area contributed by atoms with Gasteiger partial charge in [-0.2, -0.15) is 0 Å². The SMILES string of the molecule is CCCN1CC(C)N(C(c2cccc(O)c2)c2cccc(C(=O)N(CC)CC)c2)CC1C. The van der Waals surface area contributed by atoms with Crippen LogP contribution in [0.3, 0.4) is 0 Å². The van der Waals surface area contributed by atoms with Gasteiger partial charge in [0.15, 0.2) is 0 Å². The summed E-state index contributed by atoms with van der Waals surface area (Å²) in [5, 5.41) is 10.2. The number of nitrogens with zero attached hydrogens (tertiary/aromatic N) is 3. The van der Waals surface area contributed by atoms with Crippen LogP contribution in [-0.2, 0) is 0 Å². The summed E-state index contributed by atoms with van der Waals surface area (Å²) in [5.74, 6) is 0.342. The van der Waals surface area contributed by atoms with E-state index in [1.54, 1.807) is 6.07 Å². The lowest BCUT2D eigenvalue weighted by Crippen LogP contribution is -2.57. The van der Waals surface area contributed by atoms with Crippen LogP contribution in [0, 0.1) is 0 Å². The minimum Gasteiger partial charge on any atom is -0.508 e. The van der Waals surface area contributed by atoms with Gasteiger partial charge in [0.1, 0.15) is 5.75 Å². The van der Waals surface area contributed by atoms with Gasteiger partial charge in [-0.25, -0.2) is 0 Å². The first-order valence-corrected chi connectivity index (χ1v) is 12.1. The van der Waals surface area contributed by atoms with Crippen LogP contribution in [0.4, 0.5) is 0 Å². The summed E-state index contributed by atoms with van der Waals surface area (Å²) in [6.45, 7) is 15.3. The zero-order chi connectivity index (χ0) is 23.3. The highest BCUT2D eigenvalue weighted by molar-refractivity contribution is 5.94. The third-order valence-electron chi connectivity index (χ3n) is 6.69. The Labute approximate surface area is 193 Å². The van der Waals surface area contributed by atoms with E-state index in [0.717, 1.165) is 42.7 Å². The van der Waals surface area contributed by atoms with Gasteiger partial charge < -0.3 is 10.0 Å². The molecule has 0 radical (unpaired) electrons. The van der Waals surface area contributed by atoms with Crippen molar-refractivity contribution in [3.05, 3.63) is 65.2 Å². The molecule has 174 valence electrons. The van der Waals surface area contributed by atoms with Crippen LogP contribution >= 0.6 is 0 Å². The maximum Gasteiger partial charge on any atom is 0.253 e. The molecule has 0 aromatic heterocycles. The maximum absolute atomic E-state index is 13.0. The van der Waals surface area contributed by atoms with Crippen molar-refractivity contribution in [1.82, 2.24) is 14.7 Å². The van der Waals surface area contributed by atoms with Crippen molar-refractivity contribution in [3.63, 3.8) is 0 Å². The van der Waals surface area contributed by atoms with E-state index in [9.17, 15) is 9.90 Å². The first kappa shape index (κ1) is 24.3. The number of phenols is 1. The van der Waals surface area contributed by atoms with Crippen molar-refractivity contribution in [2.75, 3.05) is 32.7 Å². The van der Waals surface area contributed by atoms with Crippen molar-refractivity contribution in [1.29, 1.82) is 0 Å². The molecular weight excluding hydrogens is 398 g/mol. The van der Waals surface area contributed by atoms with Gasteiger partial charge in [-0.3, -0.25) is 14.6 Å². The smallest absolute Gasteiger partial charge is 0.253 e. The fraction of sp³-hybridized carbons (Fsp3) is 0.519. The molecule has 3 atom stereocenters. The quantitative estimate of drug-likeness (QED) is 0.646. The van der Waals surface area contributed by atoms with Crippen molar-refractivity contribution >= 4 is 5.91 Å². The van der Waals surface area contributed by atoms with Crippen molar-refractivity contribution in [3.8, 4) is 5.75 Å². The molecule has 0 spiro atoms. The summed E-state index contributed by atoms with van der Waals surface area (Å²) < 4.78 is 0. The molecule has 1 heterocycles. The molecule has 0 bridgehead atoms. The van der Waals surface area contributed by atoms with Gasteiger partial charge >= 0.3 is 0 Å². The monoisotopic (exact) mass is 437 g/mol. The molecule has 2 aromatic carbocycles. The fourth-order valence-electron chi connectivity index (χ4n) is 4.99. The molecule has 1 aliphatic heterocycles. The zero-order valence-electron chi connectivity index (χ0n) is 20.3. The molecule has 2 aromatic rings. The first-order valence-electron chi connectivity index (χ1n) is 12.1. The average molecular weight is 438 g/mol. The van der Waals surface area contributed by atoms with Crippen molar-refractivity contribution in [2.24, 2.45) is 0 Å². The predicted octanol–water partition coefficient (Wildman–Crippen LogP) is 4.77. The number of piperazine rings is 1. The summed E-state index contributed by atoms with van der Waals surface area (Å²) in [4.78, 5) is 20.0. The van der Waals surface area contributed by atoms with E-state index >= 15 is 0 Å². The van der Waals surface area contributed by atoms with E-state index in [4.69, 9.17) is 0 Å². The van der Waals surface area contributed by atoms with Gasteiger partial charge in [-0.1, -0.05) is 31.2 Å². The molecule has 1 N–H and O–H groups in total. The van der Waals surface area contributed by atoms with Gasteiger partial charge in [0.25, 0.3) is 5.91 Å². The van der Waals surface area contributed by atoms with Gasteiger partial charge in [-0.15, -0.1) is 0 Å². The van der Waals surface area contributed by atoms with Gasteiger partial charge in [0.05, 0.1) is 6.04 Å². The Balaban J connectivity index is 2.02. The van der Waals surface area contributed by atoms with E-state index in [0.29, 0.717) is 25.2 Å². The van der Waals surface area contributed by atoms with E-state index in [1.807, 2.05) is 49.1 Å². The second kappa shape index (κ2) is 11.0. The summed E-state index contributed by atoms with van der Waals surface area (Å²) >= 11 is 0. The fourth-order valence-corrected chi connectivity index (χ4v) is 4.99. The maximum atomic E-state index is 13.0. The Morgan fingerprint density at radius 3 is 2.28 bits per heavy atom. The molecule has 0 saturated carbocycles. The third-order valence-corrected chi connectivity index (χ3v) is 6.69. The average Bonchev–Trinajstić information content (AvgIpc) is 2.78. The lowest BCUT2D eigenvalue weighted by molar-refractivity contribution is 0.0241. The molecule has 1 fully saturated rings. The highest BCUT2D eigenvalue weighted by Crippen LogP contribution is 2.35. The topological polar surface area (TPSA) is 47.0 Å². The Bertz CT molecular complexity index is 896. The second-order valence-corrected chi connectivity index (χ2v) is 8.99. The molecule has 32 heavy (non-hydrogen) atoms. The van der Waals surface area contributed by atoms with Crippen LogP contribution in [0.25, 0.3) is 0 Å². The standard InChI is InChI=1S/C27H39N3O2/c1-6-15-29-18-21(5)30(19-20(29)4)26(23-12-10-14-25(31)17-23)22-11-9-13-24(16-22)27(32)28(7-2)8-3/h9-14,16-17,20-21,26,31H,6-8,15,18-19H2,1-5H3. The lowest BCUT2D eigenvalue weighted by Gasteiger charge is -2.47. The van der Waals surface area contributed by atoms with Crippen LogP contribution in [0.5, 0.6) is 5.75 Å². The third kappa shape index (κ3) is 5.33. The number of carbonyl (C=O) groups excluding carboxylic acids is 1. The number of rotatable bonds is 8. The molecule has 0 aliphatic carbocycles. The van der Waals surface area contributed by atoms with Crippen LogP contribution in [-0.4, -0.2) is 70.5 Å². The normalized spacial score (nSPS) is 20.8. The minimum atomic E-state index is -0.0206. The zero-order valence-corrected chi connectivity index (χ0v) is 20.3. The molecule has 1 saturated heterocycles. The van der Waals surface area contributed by atoms with Gasteiger partial charge in [-0.05, 0) is 76.1 Å². The summed E-state index contributed by atoms with van der Waals surface area (Å²) in [7, 11) is 0. The highest BCUT2D eigenvalue weighted by Gasteiger charge is 2.34. The van der Waals surface area contributed by atoms with Gasteiger partial charge in [0.2, 0.25) is 0 Å². The summed E-state index contributed by atoms with van der Waals surface area (Å²) in [6.07, 6.45) is 1.16. The number of hydrogen-bond donors (Lipinski definition) is 1. The minimum absolute atomic E-state index is 0.0206. The van der Waals surface area contributed by atoms with E-state index < -0.39 is 0 Å². The van der Waals surface area contributed by atoms with Crippen molar-refractivity contribution < 1.29 is 9.90 Å². The first-order chi connectivity index (χ1) is 15.4. The Morgan fingerprint density at radius 2 is 1.66 bits per heavy atom. The molecule has 1 aliphatic rings. The Kier molecular flexibility index (Phi) is 8.32. The summed E-state index contributed by atoms with van der Waals surface area (Å²) in [6, 6.07) is 16.4. The van der Waals surface area contributed by atoms with Crippen LogP contribution < -0.4 is 0 Å². The Hall–Kier alpha value is -2.37. The van der Waals surface area contributed by atoms with Crippen LogP contribution in [0.1, 0.15) is 68.6 Å². The number of benzene rings is 2. The molecule has 3 unspecified atom stereocenters. The van der Waals surface area contributed by atoms with Gasteiger partial charge in [0, 0.05) is 43.8 Å².